The number of nitrogens with one attached hydrogen (secondary N) is 1. The molecule has 0 saturated carbocycles. The maximum absolute atomic E-state index is 12.3. The van der Waals surface area contributed by atoms with Crippen molar-refractivity contribution >= 4 is 17.7 Å². The molecule has 1 heterocycles. The highest BCUT2D eigenvalue weighted by molar-refractivity contribution is 5.93. The second-order valence-electron chi connectivity index (χ2n) is 5.16. The van der Waals surface area contributed by atoms with Crippen molar-refractivity contribution in [1.29, 1.82) is 0 Å². The minimum atomic E-state index is -0.431. The first-order chi connectivity index (χ1) is 9.99. The zero-order chi connectivity index (χ0) is 15.4. The first-order valence-electron chi connectivity index (χ1n) is 6.89. The summed E-state index contributed by atoms with van der Waals surface area (Å²) in [5.41, 5.74) is 0.966. The van der Waals surface area contributed by atoms with Crippen LogP contribution in [0.5, 0.6) is 0 Å². The first-order valence-corrected chi connectivity index (χ1v) is 6.89. The van der Waals surface area contributed by atoms with Gasteiger partial charge in [-0.3, -0.25) is 0 Å². The number of ether oxygens (including phenoxy) is 2. The lowest BCUT2D eigenvalue weighted by Crippen LogP contribution is -2.49. The van der Waals surface area contributed by atoms with E-state index in [4.69, 9.17) is 4.74 Å². The van der Waals surface area contributed by atoms with Crippen LogP contribution >= 0.6 is 0 Å². The first kappa shape index (κ1) is 15.3. The van der Waals surface area contributed by atoms with Crippen molar-refractivity contribution in [2.75, 3.05) is 25.5 Å². The van der Waals surface area contributed by atoms with Gasteiger partial charge in [0, 0.05) is 18.8 Å². The minimum absolute atomic E-state index is 0.0147. The van der Waals surface area contributed by atoms with Gasteiger partial charge in [0.1, 0.15) is 0 Å². The summed E-state index contributed by atoms with van der Waals surface area (Å²) in [6, 6.07) is 6.47. The molecule has 2 amide bonds. The molecule has 1 N–H and O–H groups in total. The van der Waals surface area contributed by atoms with Gasteiger partial charge in [-0.15, -0.1) is 0 Å². The van der Waals surface area contributed by atoms with Gasteiger partial charge in [0.15, 0.2) is 0 Å². The molecule has 1 aromatic rings. The molecule has 6 nitrogen and oxygen atoms in total. The average molecular weight is 292 g/mol. The highest BCUT2D eigenvalue weighted by atomic mass is 16.5. The van der Waals surface area contributed by atoms with Gasteiger partial charge in [-0.2, -0.15) is 0 Å². The molecule has 0 spiro atoms. The summed E-state index contributed by atoms with van der Waals surface area (Å²) >= 11 is 0. The van der Waals surface area contributed by atoms with Crippen molar-refractivity contribution in [2.24, 2.45) is 0 Å². The van der Waals surface area contributed by atoms with Crippen molar-refractivity contribution in [2.45, 2.75) is 26.1 Å². The molecule has 0 radical (unpaired) electrons. The summed E-state index contributed by atoms with van der Waals surface area (Å²) in [4.78, 5) is 25.4. The van der Waals surface area contributed by atoms with Crippen LogP contribution in [0.25, 0.3) is 0 Å². The van der Waals surface area contributed by atoms with Crippen LogP contribution < -0.4 is 5.32 Å². The van der Waals surface area contributed by atoms with Crippen LogP contribution in [-0.4, -0.2) is 49.3 Å². The van der Waals surface area contributed by atoms with Crippen LogP contribution in [0.3, 0.4) is 0 Å². The van der Waals surface area contributed by atoms with Crippen LogP contribution in [0.1, 0.15) is 24.2 Å². The fourth-order valence-electron chi connectivity index (χ4n) is 2.39. The molecule has 114 valence electrons. The van der Waals surface area contributed by atoms with Crippen molar-refractivity contribution in [1.82, 2.24) is 4.90 Å². The number of anilines is 1. The van der Waals surface area contributed by atoms with Gasteiger partial charge < -0.3 is 19.7 Å². The molecule has 1 fully saturated rings. The molecule has 1 saturated heterocycles. The van der Waals surface area contributed by atoms with E-state index in [1.54, 1.807) is 29.2 Å². The summed E-state index contributed by atoms with van der Waals surface area (Å²) in [7, 11) is 1.32. The van der Waals surface area contributed by atoms with E-state index in [0.717, 1.165) is 0 Å². The third-order valence-electron chi connectivity index (χ3n) is 3.24. The van der Waals surface area contributed by atoms with Crippen molar-refractivity contribution < 1.29 is 19.1 Å². The number of amides is 2. The number of morpholine rings is 1. The van der Waals surface area contributed by atoms with Crippen LogP contribution in [0, 0.1) is 0 Å². The number of carbonyl (C=O) groups excluding carboxylic acids is 2. The smallest absolute Gasteiger partial charge is 0.337 e. The van der Waals surface area contributed by atoms with Gasteiger partial charge in [-0.25, -0.2) is 9.59 Å². The second kappa shape index (κ2) is 6.58. The predicted octanol–water partition coefficient (Wildman–Crippen LogP) is 2.11. The van der Waals surface area contributed by atoms with Crippen molar-refractivity contribution in [3.8, 4) is 0 Å². The Balaban J connectivity index is 2.04. The SMILES string of the molecule is COC(=O)c1cccc(NC(=O)N2CC(C)OC(C)C2)c1. The van der Waals surface area contributed by atoms with E-state index in [1.165, 1.54) is 7.11 Å². The van der Waals surface area contributed by atoms with E-state index >= 15 is 0 Å². The number of hydrogen-bond acceptors (Lipinski definition) is 4. The Morgan fingerprint density at radius 3 is 2.57 bits per heavy atom. The van der Waals surface area contributed by atoms with Gasteiger partial charge >= 0.3 is 12.0 Å². The highest BCUT2D eigenvalue weighted by Gasteiger charge is 2.25. The minimum Gasteiger partial charge on any atom is -0.465 e. The largest absolute Gasteiger partial charge is 0.465 e. The van der Waals surface area contributed by atoms with Gasteiger partial charge in [0.25, 0.3) is 0 Å². The van der Waals surface area contributed by atoms with Gasteiger partial charge in [-0.05, 0) is 32.0 Å². The van der Waals surface area contributed by atoms with E-state index in [2.05, 4.69) is 10.1 Å². The van der Waals surface area contributed by atoms with Gasteiger partial charge in [0.05, 0.1) is 24.9 Å². The van der Waals surface area contributed by atoms with Crippen molar-refractivity contribution in [3.63, 3.8) is 0 Å². The second-order valence-corrected chi connectivity index (χ2v) is 5.16. The van der Waals surface area contributed by atoms with Crippen LogP contribution in [0.2, 0.25) is 0 Å². The third kappa shape index (κ3) is 3.95. The zero-order valence-corrected chi connectivity index (χ0v) is 12.5. The molecule has 6 heteroatoms. The summed E-state index contributed by atoms with van der Waals surface area (Å²) < 4.78 is 10.3. The predicted molar refractivity (Wildman–Crippen MR) is 78.4 cm³/mol. The molecule has 2 atom stereocenters. The molecular formula is C15H20N2O4. The lowest BCUT2D eigenvalue weighted by Gasteiger charge is -2.35. The van der Waals surface area contributed by atoms with Gasteiger partial charge in [-0.1, -0.05) is 6.07 Å². The highest BCUT2D eigenvalue weighted by Crippen LogP contribution is 2.15. The molecule has 21 heavy (non-hydrogen) atoms. The Bertz CT molecular complexity index is 522. The summed E-state index contributed by atoms with van der Waals surface area (Å²) in [5, 5.41) is 2.80. The fraction of sp³-hybridized carbons (Fsp3) is 0.467. The van der Waals surface area contributed by atoms with E-state index in [-0.39, 0.29) is 18.2 Å². The topological polar surface area (TPSA) is 67.9 Å². The van der Waals surface area contributed by atoms with Gasteiger partial charge in [0.2, 0.25) is 0 Å². The maximum atomic E-state index is 12.3. The Morgan fingerprint density at radius 1 is 1.29 bits per heavy atom. The van der Waals surface area contributed by atoms with Crippen LogP contribution in [0.15, 0.2) is 24.3 Å². The molecule has 1 aliphatic rings. The number of esters is 1. The Labute approximate surface area is 124 Å². The standard InChI is InChI=1S/C15H20N2O4/c1-10-8-17(9-11(2)21-10)15(19)16-13-6-4-5-12(7-13)14(18)20-3/h4-7,10-11H,8-9H2,1-3H3,(H,16,19). The lowest BCUT2D eigenvalue weighted by molar-refractivity contribution is -0.0530. The van der Waals surface area contributed by atoms with Crippen molar-refractivity contribution in [3.05, 3.63) is 29.8 Å². The average Bonchev–Trinajstić information content (AvgIpc) is 2.45. The normalized spacial score (nSPS) is 21.8. The maximum Gasteiger partial charge on any atom is 0.337 e. The molecule has 0 aromatic heterocycles. The number of carbonyl (C=O) groups is 2. The van der Waals surface area contributed by atoms with E-state index in [9.17, 15) is 9.59 Å². The molecule has 0 aliphatic carbocycles. The Kier molecular flexibility index (Phi) is 4.80. The summed E-state index contributed by atoms with van der Waals surface area (Å²) in [6.45, 7) is 4.97. The monoisotopic (exact) mass is 292 g/mol. The molecular weight excluding hydrogens is 272 g/mol. The quantitative estimate of drug-likeness (QED) is 0.848. The van der Waals surface area contributed by atoms with E-state index in [0.29, 0.717) is 24.3 Å². The molecule has 1 aliphatic heterocycles. The Morgan fingerprint density at radius 2 is 1.95 bits per heavy atom. The molecule has 1 aromatic carbocycles. The number of rotatable bonds is 2. The number of nitrogens with zero attached hydrogens (tertiary/aromatic N) is 1. The number of hydrogen-bond donors (Lipinski definition) is 1. The molecule has 2 rings (SSSR count). The number of methoxy groups -OCH3 is 1. The van der Waals surface area contributed by atoms with E-state index < -0.39 is 5.97 Å². The third-order valence-corrected chi connectivity index (χ3v) is 3.24. The lowest BCUT2D eigenvalue weighted by atomic mass is 10.2. The fourth-order valence-corrected chi connectivity index (χ4v) is 2.39. The van der Waals surface area contributed by atoms with Crippen LogP contribution in [-0.2, 0) is 9.47 Å². The number of urea groups is 1. The molecule has 0 bridgehead atoms. The number of benzene rings is 1. The molecule has 2 unspecified atom stereocenters. The van der Waals surface area contributed by atoms with E-state index in [1.807, 2.05) is 13.8 Å². The van der Waals surface area contributed by atoms with Crippen LogP contribution in [0.4, 0.5) is 10.5 Å². The zero-order valence-electron chi connectivity index (χ0n) is 12.5. The Hall–Kier alpha value is -2.08. The summed E-state index contributed by atoms with van der Waals surface area (Å²) in [5.74, 6) is -0.431. The summed E-state index contributed by atoms with van der Waals surface area (Å²) in [6.07, 6.45) is 0.0295.